The van der Waals surface area contributed by atoms with Gasteiger partial charge in [0.2, 0.25) is 10.7 Å². The van der Waals surface area contributed by atoms with E-state index in [0.717, 1.165) is 31.0 Å². The molecule has 1 aromatic heterocycles. The van der Waals surface area contributed by atoms with Crippen LogP contribution in [0.2, 0.25) is 0 Å². The number of hydrogen-bond acceptors (Lipinski definition) is 4. The Kier molecular flexibility index (Phi) is 6.77. The van der Waals surface area contributed by atoms with E-state index in [2.05, 4.69) is 6.07 Å². The van der Waals surface area contributed by atoms with Crippen LogP contribution in [0.25, 0.3) is 15.0 Å². The third kappa shape index (κ3) is 5.13. The number of benzene rings is 3. The molecule has 4 aromatic rings. The van der Waals surface area contributed by atoms with Crippen LogP contribution < -0.4 is 4.74 Å². The summed E-state index contributed by atoms with van der Waals surface area (Å²) in [5.74, 6) is -0.182. The number of ketones is 1. The second-order valence-electron chi connectivity index (χ2n) is 9.07. The molecule has 0 aliphatic heterocycles. The number of esters is 1. The van der Waals surface area contributed by atoms with E-state index >= 15 is 0 Å². The molecule has 0 aliphatic rings. The fourth-order valence-electron chi connectivity index (χ4n) is 4.21. The number of thiophene rings is 1. The standard InChI is InChI=1S/C29H28FO4S/c1-18-14-24(35-25-9-7-6-8-21(25)16-26(35)20(3)31)15-19(2)28(18)33-17-27(32)34-29(4,5)22-10-12-23(30)13-11-22/h6-16H,17H2,1-5H3/q+1. The summed E-state index contributed by atoms with van der Waals surface area (Å²) >= 11 is 0. The maximum Gasteiger partial charge on any atom is 0.345 e. The minimum absolute atomic E-state index is 0.0617. The van der Waals surface area contributed by atoms with E-state index in [0.29, 0.717) is 11.3 Å². The zero-order valence-corrected chi connectivity index (χ0v) is 21.3. The molecule has 1 atom stereocenters. The first kappa shape index (κ1) is 24.6. The Balaban J connectivity index is 1.55. The highest BCUT2D eigenvalue weighted by Gasteiger charge is 2.28. The fraction of sp³-hybridized carbons (Fsp3) is 0.241. The van der Waals surface area contributed by atoms with Gasteiger partial charge in [0, 0.05) is 41.0 Å². The number of carbonyl (C=O) groups is 2. The molecule has 3 aromatic carbocycles. The Bertz CT molecular complexity index is 1390. The zero-order valence-electron chi connectivity index (χ0n) is 20.5. The Hall–Kier alpha value is -3.51. The van der Waals surface area contributed by atoms with Crippen LogP contribution in [-0.2, 0) is 15.1 Å². The average Bonchev–Trinajstić information content (AvgIpc) is 3.18. The van der Waals surface area contributed by atoms with E-state index in [1.807, 2.05) is 50.2 Å². The number of Topliss-reactive ketones (excluding diaryl/α,β-unsaturated/α-hetero) is 1. The molecule has 4 rings (SSSR count). The van der Waals surface area contributed by atoms with Gasteiger partial charge in [0.05, 0.1) is 0 Å². The van der Waals surface area contributed by atoms with Gasteiger partial charge in [-0.2, -0.15) is 0 Å². The van der Waals surface area contributed by atoms with Crippen molar-refractivity contribution in [1.29, 1.82) is 0 Å². The maximum atomic E-state index is 13.2. The number of hydrogen-bond donors (Lipinski definition) is 0. The Morgan fingerprint density at radius 2 is 1.57 bits per heavy atom. The third-order valence-corrected chi connectivity index (χ3v) is 8.27. The quantitative estimate of drug-likeness (QED) is 0.154. The summed E-state index contributed by atoms with van der Waals surface area (Å²) in [5, 5.41) is 1.07. The lowest BCUT2D eigenvalue weighted by atomic mass is 9.98. The number of aryl methyl sites for hydroxylation is 2. The molecule has 0 aliphatic carbocycles. The predicted octanol–water partition coefficient (Wildman–Crippen LogP) is 7.39. The molecule has 0 spiro atoms. The van der Waals surface area contributed by atoms with E-state index < -0.39 is 22.0 Å². The minimum atomic E-state index is -0.922. The monoisotopic (exact) mass is 491 g/mol. The van der Waals surface area contributed by atoms with Gasteiger partial charge in [-0.15, -0.1) is 0 Å². The van der Waals surface area contributed by atoms with E-state index in [1.165, 1.54) is 12.1 Å². The molecule has 0 fully saturated rings. The van der Waals surface area contributed by atoms with Crippen molar-refractivity contribution in [3.8, 4) is 10.6 Å². The molecule has 1 unspecified atom stereocenters. The highest BCUT2D eigenvalue weighted by molar-refractivity contribution is 7.46. The largest absolute Gasteiger partial charge is 0.481 e. The number of halogens is 1. The van der Waals surface area contributed by atoms with E-state index in [1.54, 1.807) is 32.9 Å². The first-order valence-electron chi connectivity index (χ1n) is 11.3. The molecule has 35 heavy (non-hydrogen) atoms. The Morgan fingerprint density at radius 1 is 0.943 bits per heavy atom. The summed E-state index contributed by atoms with van der Waals surface area (Å²) in [6.45, 7) is 8.73. The number of ether oxygens (including phenoxy) is 2. The second kappa shape index (κ2) is 9.62. The van der Waals surface area contributed by atoms with E-state index in [4.69, 9.17) is 9.47 Å². The van der Waals surface area contributed by atoms with Crippen molar-refractivity contribution < 1.29 is 23.5 Å². The van der Waals surface area contributed by atoms with Crippen molar-refractivity contribution in [1.82, 2.24) is 0 Å². The molecule has 0 radical (unpaired) electrons. The highest BCUT2D eigenvalue weighted by Crippen LogP contribution is 2.46. The Morgan fingerprint density at radius 3 is 2.20 bits per heavy atom. The smallest absolute Gasteiger partial charge is 0.345 e. The highest BCUT2D eigenvalue weighted by atomic mass is 32.2. The van der Waals surface area contributed by atoms with E-state index in [-0.39, 0.29) is 18.2 Å². The molecule has 0 saturated heterocycles. The van der Waals surface area contributed by atoms with Gasteiger partial charge in [-0.05, 0) is 68.7 Å². The summed E-state index contributed by atoms with van der Waals surface area (Å²) in [7, 11) is -0.474. The predicted molar refractivity (Wildman–Crippen MR) is 138 cm³/mol. The molecule has 4 nitrogen and oxygen atoms in total. The summed E-state index contributed by atoms with van der Waals surface area (Å²) in [5.41, 5.74) is 1.53. The third-order valence-electron chi connectivity index (χ3n) is 5.90. The van der Waals surface area contributed by atoms with Gasteiger partial charge in [-0.1, -0.05) is 24.3 Å². The van der Waals surface area contributed by atoms with Gasteiger partial charge in [0.15, 0.2) is 16.2 Å². The van der Waals surface area contributed by atoms with Gasteiger partial charge >= 0.3 is 5.97 Å². The molecule has 0 saturated carbocycles. The van der Waals surface area contributed by atoms with Crippen LogP contribution in [-0.4, -0.2) is 18.4 Å². The van der Waals surface area contributed by atoms with Crippen LogP contribution in [0.1, 0.15) is 47.1 Å². The summed E-state index contributed by atoms with van der Waals surface area (Å²) in [4.78, 5) is 26.8. The van der Waals surface area contributed by atoms with Crippen LogP contribution in [0.4, 0.5) is 4.39 Å². The topological polar surface area (TPSA) is 52.6 Å². The zero-order chi connectivity index (χ0) is 25.3. The first-order valence-corrected chi connectivity index (χ1v) is 12.6. The number of rotatable bonds is 7. The van der Waals surface area contributed by atoms with Crippen molar-refractivity contribution in [3.63, 3.8) is 0 Å². The van der Waals surface area contributed by atoms with Gasteiger partial charge in [-0.3, -0.25) is 4.79 Å². The van der Waals surface area contributed by atoms with Crippen LogP contribution in [0, 0.1) is 19.7 Å². The summed E-state index contributed by atoms with van der Waals surface area (Å²) in [6, 6.07) is 20.0. The average molecular weight is 492 g/mol. The molecule has 6 heteroatoms. The van der Waals surface area contributed by atoms with Crippen molar-refractivity contribution >= 4 is 32.3 Å². The van der Waals surface area contributed by atoms with Crippen LogP contribution in [0.15, 0.2) is 66.7 Å². The van der Waals surface area contributed by atoms with Crippen molar-refractivity contribution in [2.45, 2.75) is 40.2 Å². The molecule has 180 valence electrons. The van der Waals surface area contributed by atoms with Gasteiger partial charge in [-0.25, -0.2) is 9.18 Å². The van der Waals surface area contributed by atoms with Gasteiger partial charge in [0.1, 0.15) is 17.2 Å². The first-order chi connectivity index (χ1) is 16.6. The van der Waals surface area contributed by atoms with Crippen LogP contribution in [0.5, 0.6) is 5.75 Å². The number of fused-ring (bicyclic) bond motifs is 1. The van der Waals surface area contributed by atoms with Crippen molar-refractivity contribution in [3.05, 3.63) is 94.1 Å². The second-order valence-corrected chi connectivity index (χ2v) is 11.0. The van der Waals surface area contributed by atoms with Crippen LogP contribution >= 0.6 is 10.5 Å². The molecular weight excluding hydrogens is 463 g/mol. The molecule has 1 heterocycles. The lowest BCUT2D eigenvalue weighted by molar-refractivity contribution is -0.159. The molecule has 0 bridgehead atoms. The van der Waals surface area contributed by atoms with Gasteiger partial charge in [0.25, 0.3) is 0 Å². The van der Waals surface area contributed by atoms with Crippen LogP contribution in [0.3, 0.4) is 0 Å². The molecule has 0 N–H and O–H groups in total. The summed E-state index contributed by atoms with van der Waals surface area (Å²) < 4.78 is 25.9. The fourth-order valence-corrected chi connectivity index (χ4v) is 6.66. The van der Waals surface area contributed by atoms with E-state index in [9.17, 15) is 14.0 Å². The van der Waals surface area contributed by atoms with Crippen molar-refractivity contribution in [2.75, 3.05) is 6.61 Å². The normalized spacial score (nSPS) is 12.0. The van der Waals surface area contributed by atoms with Gasteiger partial charge < -0.3 is 9.47 Å². The molecular formula is C29H28FO4S+. The molecule has 0 amide bonds. The summed E-state index contributed by atoms with van der Waals surface area (Å²) in [6.07, 6.45) is 0. The van der Waals surface area contributed by atoms with Crippen molar-refractivity contribution in [2.24, 2.45) is 0 Å². The number of carbonyl (C=O) groups excluding carboxylic acids is 2. The maximum absolute atomic E-state index is 13.2. The SMILES string of the molecule is CC(=O)c1cc2ccccc2[s+]1-c1cc(C)c(OCC(=O)OC(C)(C)c2ccc(F)cc2)c(C)c1. The lowest BCUT2D eigenvalue weighted by Crippen LogP contribution is -2.28. The minimum Gasteiger partial charge on any atom is -0.481 e. The Labute approximate surface area is 207 Å². The lowest BCUT2D eigenvalue weighted by Gasteiger charge is -2.25.